The molecule has 0 unspecified atom stereocenters. The molecule has 0 atom stereocenters. The summed E-state index contributed by atoms with van der Waals surface area (Å²) in [6.07, 6.45) is 6.81. The zero-order valence-electron chi connectivity index (χ0n) is 9.72. The highest BCUT2D eigenvalue weighted by Gasteiger charge is 1.95. The van der Waals surface area contributed by atoms with Gasteiger partial charge in [-0.2, -0.15) is 10.2 Å². The van der Waals surface area contributed by atoms with Crippen molar-refractivity contribution < 1.29 is 0 Å². The van der Waals surface area contributed by atoms with E-state index in [2.05, 4.69) is 20.2 Å². The lowest BCUT2D eigenvalue weighted by molar-refractivity contribution is 1.03. The Bertz CT molecular complexity index is 476. The van der Waals surface area contributed by atoms with Crippen LogP contribution < -0.4 is 0 Å². The van der Waals surface area contributed by atoms with Crippen LogP contribution in [0.4, 0.5) is 0 Å². The van der Waals surface area contributed by atoms with Gasteiger partial charge in [0.05, 0.1) is 11.4 Å². The van der Waals surface area contributed by atoms with Crippen molar-refractivity contribution in [3.05, 3.63) is 73.3 Å². The average Bonchev–Trinajstić information content (AvgIpc) is 2.51. The van der Waals surface area contributed by atoms with E-state index in [-0.39, 0.29) is 0 Å². The average molecular weight is 236 g/mol. The Hall–Kier alpha value is -2.62. The van der Waals surface area contributed by atoms with E-state index in [0.29, 0.717) is 0 Å². The summed E-state index contributed by atoms with van der Waals surface area (Å²) in [6.45, 7) is 0. The zero-order valence-corrected chi connectivity index (χ0v) is 9.72. The van der Waals surface area contributed by atoms with Gasteiger partial charge in [-0.15, -0.1) is 0 Å². The smallest absolute Gasteiger partial charge is 0.0886 e. The topological polar surface area (TPSA) is 51.6 Å². The quantitative estimate of drug-likeness (QED) is 0.651. The van der Waals surface area contributed by atoms with Gasteiger partial charge < -0.3 is 0 Å². The van der Waals surface area contributed by atoms with Gasteiger partial charge in [-0.25, -0.2) is 0 Å². The van der Waals surface area contributed by atoms with E-state index in [1.807, 2.05) is 48.5 Å². The number of rotatable bonds is 1. The first-order chi connectivity index (χ1) is 8.97. The molecule has 0 aromatic carbocycles. The summed E-state index contributed by atoms with van der Waals surface area (Å²) < 4.78 is 0. The van der Waals surface area contributed by atoms with Gasteiger partial charge in [0, 0.05) is 24.8 Å². The van der Waals surface area contributed by atoms with Crippen LogP contribution in [0.25, 0.3) is 11.4 Å². The number of nitrogens with zero attached hydrogens (tertiary/aromatic N) is 4. The third-order valence-corrected chi connectivity index (χ3v) is 2.08. The summed E-state index contributed by atoms with van der Waals surface area (Å²) in [4.78, 5) is 8.37. The molecule has 0 spiro atoms. The van der Waals surface area contributed by atoms with Crippen LogP contribution in [-0.4, -0.2) is 20.2 Å². The van der Waals surface area contributed by atoms with Crippen molar-refractivity contribution >= 4 is 0 Å². The van der Waals surface area contributed by atoms with Crippen molar-refractivity contribution in [2.75, 3.05) is 0 Å². The molecule has 0 aliphatic carbocycles. The number of aromatic nitrogens is 4. The highest BCUT2D eigenvalue weighted by atomic mass is 15.1. The normalized spacial score (nSPS) is 9.11. The Morgan fingerprint density at radius 3 is 1.22 bits per heavy atom. The molecule has 0 N–H and O–H groups in total. The fourth-order valence-corrected chi connectivity index (χ4v) is 1.28. The van der Waals surface area contributed by atoms with Gasteiger partial charge in [-0.1, -0.05) is 12.1 Å². The van der Waals surface area contributed by atoms with Crippen molar-refractivity contribution in [3.8, 4) is 11.4 Å². The van der Waals surface area contributed by atoms with E-state index in [9.17, 15) is 0 Å². The van der Waals surface area contributed by atoms with Crippen molar-refractivity contribution in [1.82, 2.24) is 20.2 Å². The Labute approximate surface area is 105 Å². The van der Waals surface area contributed by atoms with Gasteiger partial charge in [0.15, 0.2) is 0 Å². The molecule has 3 rings (SSSR count). The minimum atomic E-state index is 0.915. The molecular formula is C14H12N4. The van der Waals surface area contributed by atoms with Crippen LogP contribution in [0.15, 0.2) is 73.3 Å². The zero-order chi connectivity index (χ0) is 12.5. The summed E-state index contributed by atoms with van der Waals surface area (Å²) in [5, 5.41) is 7.07. The van der Waals surface area contributed by atoms with Crippen LogP contribution in [-0.2, 0) is 0 Å². The lowest BCUT2D eigenvalue weighted by Gasteiger charge is -1.96. The number of hydrogen-bond donors (Lipinski definition) is 0. The molecule has 0 radical (unpaired) electrons. The standard InChI is InChI=1S/C10H8N2.C4H4N2/c1-3-7-11-9(5-1)10-6-2-4-8-12-10;1-2-4-6-5-3-1/h1-8H;1-4H. The summed E-state index contributed by atoms with van der Waals surface area (Å²) in [7, 11) is 0. The maximum Gasteiger partial charge on any atom is 0.0886 e. The Balaban J connectivity index is 0.000000169. The molecule has 0 fully saturated rings. The molecule has 3 heterocycles. The van der Waals surface area contributed by atoms with Crippen molar-refractivity contribution in [2.45, 2.75) is 0 Å². The molecule has 88 valence electrons. The second kappa shape index (κ2) is 6.85. The largest absolute Gasteiger partial charge is 0.255 e. The van der Waals surface area contributed by atoms with Crippen LogP contribution in [0.2, 0.25) is 0 Å². The minimum absolute atomic E-state index is 0.915. The van der Waals surface area contributed by atoms with Crippen molar-refractivity contribution in [3.63, 3.8) is 0 Å². The van der Waals surface area contributed by atoms with E-state index in [4.69, 9.17) is 0 Å². The lowest BCUT2D eigenvalue weighted by atomic mass is 10.2. The van der Waals surface area contributed by atoms with E-state index < -0.39 is 0 Å². The molecule has 0 amide bonds. The van der Waals surface area contributed by atoms with E-state index in [1.165, 1.54) is 0 Å². The summed E-state index contributed by atoms with van der Waals surface area (Å²) >= 11 is 0. The molecule has 0 saturated carbocycles. The highest BCUT2D eigenvalue weighted by molar-refractivity contribution is 5.52. The van der Waals surface area contributed by atoms with Gasteiger partial charge in [-0.3, -0.25) is 9.97 Å². The molecule has 3 aromatic rings. The van der Waals surface area contributed by atoms with E-state index in [0.717, 1.165) is 11.4 Å². The monoisotopic (exact) mass is 236 g/mol. The molecule has 3 aromatic heterocycles. The third kappa shape index (κ3) is 3.75. The molecule has 4 nitrogen and oxygen atoms in total. The fourth-order valence-electron chi connectivity index (χ4n) is 1.28. The molecule has 4 heteroatoms. The van der Waals surface area contributed by atoms with Crippen LogP contribution in [0.5, 0.6) is 0 Å². The minimum Gasteiger partial charge on any atom is -0.255 e. The fraction of sp³-hybridized carbons (Fsp3) is 0. The molecule has 0 bridgehead atoms. The van der Waals surface area contributed by atoms with Crippen molar-refractivity contribution in [1.29, 1.82) is 0 Å². The maximum atomic E-state index is 4.19. The highest BCUT2D eigenvalue weighted by Crippen LogP contribution is 2.10. The predicted molar refractivity (Wildman–Crippen MR) is 69.5 cm³/mol. The summed E-state index contributed by atoms with van der Waals surface area (Å²) in [5.74, 6) is 0. The molecule has 0 saturated heterocycles. The lowest BCUT2D eigenvalue weighted by Crippen LogP contribution is -1.83. The second-order valence-corrected chi connectivity index (χ2v) is 3.34. The number of hydrogen-bond acceptors (Lipinski definition) is 4. The van der Waals surface area contributed by atoms with Gasteiger partial charge in [-0.05, 0) is 36.4 Å². The Kier molecular flexibility index (Phi) is 4.51. The molecule has 18 heavy (non-hydrogen) atoms. The van der Waals surface area contributed by atoms with Crippen LogP contribution in [0.3, 0.4) is 0 Å². The van der Waals surface area contributed by atoms with Gasteiger partial charge in [0.1, 0.15) is 0 Å². The van der Waals surface area contributed by atoms with E-state index in [1.54, 1.807) is 24.8 Å². The maximum absolute atomic E-state index is 4.19. The molecule has 0 aliphatic rings. The summed E-state index contributed by atoms with van der Waals surface area (Å²) in [6, 6.07) is 15.2. The molecule has 0 aliphatic heterocycles. The van der Waals surface area contributed by atoms with Gasteiger partial charge in [0.2, 0.25) is 0 Å². The third-order valence-electron chi connectivity index (χ3n) is 2.08. The summed E-state index contributed by atoms with van der Waals surface area (Å²) in [5.41, 5.74) is 1.83. The first-order valence-corrected chi connectivity index (χ1v) is 5.51. The van der Waals surface area contributed by atoms with E-state index >= 15 is 0 Å². The number of pyridine rings is 2. The van der Waals surface area contributed by atoms with Crippen LogP contribution in [0.1, 0.15) is 0 Å². The SMILES string of the molecule is c1ccc(-c2ccccn2)nc1.c1ccnnc1. The van der Waals surface area contributed by atoms with Crippen LogP contribution >= 0.6 is 0 Å². The second-order valence-electron chi connectivity index (χ2n) is 3.34. The van der Waals surface area contributed by atoms with Gasteiger partial charge in [0.25, 0.3) is 0 Å². The predicted octanol–water partition coefficient (Wildman–Crippen LogP) is 2.62. The Morgan fingerprint density at radius 2 is 0.944 bits per heavy atom. The van der Waals surface area contributed by atoms with Crippen LogP contribution in [0, 0.1) is 0 Å². The Morgan fingerprint density at radius 1 is 0.500 bits per heavy atom. The van der Waals surface area contributed by atoms with Gasteiger partial charge >= 0.3 is 0 Å². The van der Waals surface area contributed by atoms with Crippen molar-refractivity contribution in [2.24, 2.45) is 0 Å². The first kappa shape index (κ1) is 11.9. The molecular weight excluding hydrogens is 224 g/mol. The first-order valence-electron chi connectivity index (χ1n) is 5.51.